The molecule has 0 heterocycles. The predicted molar refractivity (Wildman–Crippen MR) is 94.1 cm³/mol. The van der Waals surface area contributed by atoms with Crippen molar-refractivity contribution < 1.29 is 9.59 Å². The number of carbonyl (C=O) groups is 2. The lowest BCUT2D eigenvalue weighted by molar-refractivity contribution is -0.129. The van der Waals surface area contributed by atoms with Gasteiger partial charge in [0.15, 0.2) is 0 Å². The Morgan fingerprint density at radius 1 is 1.20 bits per heavy atom. The largest absolute Gasteiger partial charge is 0.353 e. The number of amides is 2. The van der Waals surface area contributed by atoms with Crippen LogP contribution in [0.5, 0.6) is 0 Å². The molecule has 1 atom stereocenters. The fraction of sp³-hybridized carbons (Fsp3) is 0.846. The van der Waals surface area contributed by atoms with Crippen molar-refractivity contribution in [2.75, 3.05) is 18.6 Å². The summed E-state index contributed by atoms with van der Waals surface area (Å²) in [6, 6.07) is -0.531. The second-order valence-electron chi connectivity index (χ2n) is 5.90. The molecule has 1 unspecified atom stereocenters. The molecule has 7 heteroatoms. The molecule has 4 nitrogen and oxygen atoms in total. The summed E-state index contributed by atoms with van der Waals surface area (Å²) in [4.78, 5) is 24.1. The Morgan fingerprint density at radius 3 is 2.15 bits per heavy atom. The van der Waals surface area contributed by atoms with Crippen LogP contribution in [0.2, 0.25) is 0 Å². The van der Waals surface area contributed by atoms with Crippen LogP contribution in [0.25, 0.3) is 0 Å². The molecule has 118 valence electrons. The van der Waals surface area contributed by atoms with Gasteiger partial charge in [0, 0.05) is 11.3 Å². The number of thiol groups is 2. The van der Waals surface area contributed by atoms with Gasteiger partial charge < -0.3 is 10.6 Å². The molecule has 0 fully saturated rings. The van der Waals surface area contributed by atoms with Crippen molar-refractivity contribution in [3.8, 4) is 0 Å². The molecule has 0 aromatic rings. The number of rotatable bonds is 8. The molecule has 0 saturated carbocycles. The van der Waals surface area contributed by atoms with Crippen LogP contribution in [0.4, 0.5) is 0 Å². The minimum absolute atomic E-state index is 0.174. The van der Waals surface area contributed by atoms with Gasteiger partial charge in [-0.15, -0.1) is 0 Å². The summed E-state index contributed by atoms with van der Waals surface area (Å²) < 4.78 is -1.09. The van der Waals surface area contributed by atoms with Crippen LogP contribution < -0.4 is 10.6 Å². The maximum atomic E-state index is 12.2. The Bertz CT molecular complexity index is 335. The van der Waals surface area contributed by atoms with E-state index in [0.717, 1.165) is 5.75 Å². The SMILES string of the molecule is CSCCC(NC(=O)C(C)(C)S)C(=O)NCC(C)(C)S. The summed E-state index contributed by atoms with van der Waals surface area (Å²) in [5.74, 6) is 0.384. The molecular weight excluding hydrogens is 312 g/mol. The summed E-state index contributed by atoms with van der Waals surface area (Å²) in [5, 5.41) is 5.59. The van der Waals surface area contributed by atoms with Gasteiger partial charge in [0.25, 0.3) is 0 Å². The summed E-state index contributed by atoms with van der Waals surface area (Å²) >= 11 is 10.2. The first-order valence-electron chi connectivity index (χ1n) is 6.50. The van der Waals surface area contributed by atoms with Gasteiger partial charge in [-0.3, -0.25) is 9.59 Å². The van der Waals surface area contributed by atoms with E-state index < -0.39 is 10.8 Å². The zero-order valence-electron chi connectivity index (χ0n) is 12.8. The van der Waals surface area contributed by atoms with E-state index >= 15 is 0 Å². The van der Waals surface area contributed by atoms with Crippen LogP contribution >= 0.6 is 37.0 Å². The molecule has 0 aromatic heterocycles. The van der Waals surface area contributed by atoms with Gasteiger partial charge in [-0.25, -0.2) is 0 Å². The molecule has 0 bridgehead atoms. The highest BCUT2D eigenvalue weighted by Gasteiger charge is 2.28. The average molecular weight is 339 g/mol. The maximum absolute atomic E-state index is 12.2. The van der Waals surface area contributed by atoms with E-state index in [1.165, 1.54) is 0 Å². The van der Waals surface area contributed by atoms with E-state index in [1.807, 2.05) is 20.1 Å². The number of hydrogen-bond donors (Lipinski definition) is 4. The van der Waals surface area contributed by atoms with E-state index in [0.29, 0.717) is 13.0 Å². The normalized spacial score (nSPS) is 13.8. The first-order chi connectivity index (χ1) is 8.97. The number of nitrogens with one attached hydrogen (secondary N) is 2. The first-order valence-corrected chi connectivity index (χ1v) is 8.78. The molecule has 0 aliphatic heterocycles. The van der Waals surface area contributed by atoms with Crippen LogP contribution in [0.3, 0.4) is 0 Å². The van der Waals surface area contributed by atoms with Gasteiger partial charge >= 0.3 is 0 Å². The highest BCUT2D eigenvalue weighted by Crippen LogP contribution is 2.13. The maximum Gasteiger partial charge on any atom is 0.242 e. The van der Waals surface area contributed by atoms with Gasteiger partial charge in [-0.1, -0.05) is 0 Å². The van der Waals surface area contributed by atoms with Crippen molar-refractivity contribution in [2.24, 2.45) is 0 Å². The second-order valence-corrected chi connectivity index (χ2v) is 9.21. The van der Waals surface area contributed by atoms with Crippen molar-refractivity contribution >= 4 is 48.8 Å². The summed E-state index contributed by atoms with van der Waals surface area (Å²) in [6.45, 7) is 7.69. The lowest BCUT2D eigenvalue weighted by Gasteiger charge is -2.25. The molecule has 0 saturated heterocycles. The predicted octanol–water partition coefficient (Wildman–Crippen LogP) is 1.76. The van der Waals surface area contributed by atoms with Gasteiger partial charge in [-0.2, -0.15) is 37.0 Å². The summed E-state index contributed by atoms with van der Waals surface area (Å²) in [6.07, 6.45) is 2.56. The Labute approximate surface area is 137 Å². The van der Waals surface area contributed by atoms with Gasteiger partial charge in [0.2, 0.25) is 11.8 Å². The average Bonchev–Trinajstić information content (AvgIpc) is 2.28. The monoisotopic (exact) mass is 338 g/mol. The summed E-state index contributed by atoms with van der Waals surface area (Å²) in [5.41, 5.74) is 0. The third kappa shape index (κ3) is 9.02. The van der Waals surface area contributed by atoms with Crippen LogP contribution in [-0.4, -0.2) is 45.9 Å². The van der Waals surface area contributed by atoms with Crippen LogP contribution in [-0.2, 0) is 9.59 Å². The fourth-order valence-corrected chi connectivity index (χ4v) is 1.88. The summed E-state index contributed by atoms with van der Waals surface area (Å²) in [7, 11) is 0. The van der Waals surface area contributed by atoms with E-state index in [9.17, 15) is 9.59 Å². The van der Waals surface area contributed by atoms with Crippen molar-refractivity contribution in [3.63, 3.8) is 0 Å². The molecule has 0 aliphatic carbocycles. The number of carbonyl (C=O) groups excluding carboxylic acids is 2. The van der Waals surface area contributed by atoms with Crippen molar-refractivity contribution in [1.82, 2.24) is 10.6 Å². The van der Waals surface area contributed by atoms with Crippen molar-refractivity contribution in [2.45, 2.75) is 49.7 Å². The lowest BCUT2D eigenvalue weighted by Crippen LogP contribution is -2.52. The molecule has 0 aromatic carbocycles. The fourth-order valence-electron chi connectivity index (χ4n) is 1.27. The van der Waals surface area contributed by atoms with E-state index in [1.54, 1.807) is 25.6 Å². The Hall–Kier alpha value is -0.0100. The molecule has 0 radical (unpaired) electrons. The van der Waals surface area contributed by atoms with Gasteiger partial charge in [0.05, 0.1) is 4.75 Å². The molecule has 0 spiro atoms. The molecule has 20 heavy (non-hydrogen) atoms. The Balaban J connectivity index is 4.62. The van der Waals surface area contributed by atoms with Crippen LogP contribution in [0, 0.1) is 0 Å². The lowest BCUT2D eigenvalue weighted by atomic mass is 10.1. The molecule has 2 N–H and O–H groups in total. The Kier molecular flexibility index (Phi) is 8.43. The third-order valence-corrected chi connectivity index (χ3v) is 3.49. The van der Waals surface area contributed by atoms with E-state index in [4.69, 9.17) is 0 Å². The smallest absolute Gasteiger partial charge is 0.242 e. The van der Waals surface area contributed by atoms with Crippen LogP contribution in [0.15, 0.2) is 0 Å². The first kappa shape index (κ1) is 20.0. The van der Waals surface area contributed by atoms with Crippen molar-refractivity contribution in [1.29, 1.82) is 0 Å². The van der Waals surface area contributed by atoms with Gasteiger partial charge in [-0.05, 0) is 46.1 Å². The van der Waals surface area contributed by atoms with Gasteiger partial charge in [0.1, 0.15) is 6.04 Å². The second kappa shape index (κ2) is 8.44. The molecule has 2 amide bonds. The molecular formula is C13H26N2O2S3. The number of thioether (sulfide) groups is 1. The highest BCUT2D eigenvalue weighted by atomic mass is 32.2. The zero-order valence-corrected chi connectivity index (χ0v) is 15.4. The van der Waals surface area contributed by atoms with Crippen LogP contribution in [0.1, 0.15) is 34.1 Å². The molecule has 0 rings (SSSR count). The topological polar surface area (TPSA) is 58.2 Å². The number of hydrogen-bond acceptors (Lipinski definition) is 5. The minimum atomic E-state index is -0.805. The zero-order chi connectivity index (χ0) is 16.0. The minimum Gasteiger partial charge on any atom is -0.353 e. The standard InChI is InChI=1S/C13H26N2O2S3/c1-12(2,18)8-14-10(16)9(6-7-20-5)15-11(17)13(3,4)19/h9,18-19H,6-8H2,1-5H3,(H,14,16)(H,15,17). The Morgan fingerprint density at radius 2 is 1.75 bits per heavy atom. The van der Waals surface area contributed by atoms with E-state index in [2.05, 4.69) is 35.9 Å². The third-order valence-electron chi connectivity index (χ3n) is 2.48. The van der Waals surface area contributed by atoms with E-state index in [-0.39, 0.29) is 16.6 Å². The highest BCUT2D eigenvalue weighted by molar-refractivity contribution is 7.98. The molecule has 0 aliphatic rings. The van der Waals surface area contributed by atoms with Crippen molar-refractivity contribution in [3.05, 3.63) is 0 Å². The quantitative estimate of drug-likeness (QED) is 0.510.